The Hall–Kier alpha value is -1.46. The summed E-state index contributed by atoms with van der Waals surface area (Å²) in [6, 6.07) is 6.06. The normalized spacial score (nSPS) is 23.0. The molecule has 1 heterocycles. The number of rotatable bonds is 6. The van der Waals surface area contributed by atoms with Crippen LogP contribution in [0, 0.1) is 11.7 Å². The van der Waals surface area contributed by atoms with Crippen molar-refractivity contribution in [3.05, 3.63) is 35.6 Å². The van der Waals surface area contributed by atoms with Gasteiger partial charge in [0.1, 0.15) is 5.82 Å². The summed E-state index contributed by atoms with van der Waals surface area (Å²) < 4.78 is 19.2. The quantitative estimate of drug-likeness (QED) is 0.849. The molecule has 2 rings (SSSR count). The van der Waals surface area contributed by atoms with Gasteiger partial charge in [-0.1, -0.05) is 31.5 Å². The lowest BCUT2D eigenvalue weighted by Crippen LogP contribution is -2.39. The van der Waals surface area contributed by atoms with Gasteiger partial charge >= 0.3 is 0 Å². The van der Waals surface area contributed by atoms with E-state index in [1.165, 1.54) is 12.1 Å². The molecule has 3 atom stereocenters. The van der Waals surface area contributed by atoms with Crippen molar-refractivity contribution in [3.63, 3.8) is 0 Å². The second kappa shape index (κ2) is 8.25. The molecule has 122 valence electrons. The molecule has 1 aromatic rings. The Morgan fingerprint density at radius 3 is 3.00 bits per heavy atom. The minimum Gasteiger partial charge on any atom is -0.386 e. The van der Waals surface area contributed by atoms with E-state index in [0.717, 1.165) is 19.3 Å². The third-order valence-electron chi connectivity index (χ3n) is 4.08. The van der Waals surface area contributed by atoms with E-state index < -0.39 is 11.9 Å². The maximum atomic E-state index is 13.6. The average molecular weight is 309 g/mol. The zero-order valence-corrected chi connectivity index (χ0v) is 12.9. The number of aliphatic hydroxyl groups is 1. The molecule has 2 N–H and O–H groups in total. The monoisotopic (exact) mass is 309 g/mol. The number of ether oxygens (including phenoxy) is 1. The second-order valence-corrected chi connectivity index (χ2v) is 5.79. The maximum Gasteiger partial charge on any atom is 0.223 e. The minimum absolute atomic E-state index is 0.0234. The highest BCUT2D eigenvalue weighted by Gasteiger charge is 2.27. The fourth-order valence-electron chi connectivity index (χ4n) is 2.84. The van der Waals surface area contributed by atoms with Gasteiger partial charge in [0.15, 0.2) is 0 Å². The smallest absolute Gasteiger partial charge is 0.223 e. The number of amides is 1. The van der Waals surface area contributed by atoms with Crippen LogP contribution in [0.25, 0.3) is 0 Å². The number of halogens is 1. The van der Waals surface area contributed by atoms with Crippen molar-refractivity contribution < 1.29 is 19.0 Å². The molecule has 0 aromatic heterocycles. The number of hydrogen-bond donors (Lipinski definition) is 2. The lowest BCUT2D eigenvalue weighted by molar-refractivity contribution is -0.130. The fourth-order valence-corrected chi connectivity index (χ4v) is 2.84. The number of hydrogen-bond acceptors (Lipinski definition) is 3. The molecule has 0 saturated carbocycles. The van der Waals surface area contributed by atoms with Crippen LogP contribution in [0.3, 0.4) is 0 Å². The molecule has 0 bridgehead atoms. The van der Waals surface area contributed by atoms with Crippen molar-refractivity contribution in [1.82, 2.24) is 5.32 Å². The van der Waals surface area contributed by atoms with Crippen LogP contribution in [-0.4, -0.2) is 30.3 Å². The lowest BCUT2D eigenvalue weighted by Gasteiger charge is -2.29. The minimum atomic E-state index is -1.03. The topological polar surface area (TPSA) is 58.6 Å². The average Bonchev–Trinajstić information content (AvgIpc) is 2.53. The van der Waals surface area contributed by atoms with Gasteiger partial charge in [-0.2, -0.15) is 0 Å². The summed E-state index contributed by atoms with van der Waals surface area (Å²) >= 11 is 0. The van der Waals surface area contributed by atoms with Crippen LogP contribution >= 0.6 is 0 Å². The van der Waals surface area contributed by atoms with Crippen molar-refractivity contribution >= 4 is 5.91 Å². The number of benzene rings is 1. The van der Waals surface area contributed by atoms with Crippen molar-refractivity contribution in [2.75, 3.05) is 13.2 Å². The summed E-state index contributed by atoms with van der Waals surface area (Å²) in [5, 5.41) is 12.7. The highest BCUT2D eigenvalue weighted by molar-refractivity contribution is 5.78. The van der Waals surface area contributed by atoms with Crippen LogP contribution in [0.1, 0.15) is 44.3 Å². The number of carbonyl (C=O) groups is 1. The van der Waals surface area contributed by atoms with E-state index in [1.807, 2.05) is 0 Å². The Morgan fingerprint density at radius 2 is 2.27 bits per heavy atom. The summed E-state index contributed by atoms with van der Waals surface area (Å²) in [5.41, 5.74) is 0.207. The zero-order valence-electron chi connectivity index (χ0n) is 12.9. The Balaban J connectivity index is 1.83. The Morgan fingerprint density at radius 1 is 1.50 bits per heavy atom. The van der Waals surface area contributed by atoms with Gasteiger partial charge in [0.05, 0.1) is 12.2 Å². The number of carbonyl (C=O) groups excluding carboxylic acids is 1. The molecule has 5 heteroatoms. The molecule has 1 fully saturated rings. The first-order valence-corrected chi connectivity index (χ1v) is 7.93. The summed E-state index contributed by atoms with van der Waals surface area (Å²) in [6.45, 7) is 2.71. The molecule has 22 heavy (non-hydrogen) atoms. The number of aliphatic hydroxyl groups excluding tert-OH is 1. The van der Waals surface area contributed by atoms with Crippen LogP contribution < -0.4 is 5.32 Å². The molecule has 4 nitrogen and oxygen atoms in total. The first kappa shape index (κ1) is 16.9. The predicted octanol–water partition coefficient (Wildman–Crippen LogP) is 2.57. The molecule has 1 aliphatic rings. The molecule has 1 saturated heterocycles. The van der Waals surface area contributed by atoms with Crippen molar-refractivity contribution in [2.45, 2.75) is 44.8 Å². The lowest BCUT2D eigenvalue weighted by atomic mass is 9.92. The van der Waals surface area contributed by atoms with Gasteiger partial charge in [-0.15, -0.1) is 0 Å². The molecule has 1 aromatic carbocycles. The first-order chi connectivity index (χ1) is 10.6. The van der Waals surface area contributed by atoms with E-state index in [2.05, 4.69) is 12.2 Å². The van der Waals surface area contributed by atoms with E-state index in [1.54, 1.807) is 12.1 Å². The van der Waals surface area contributed by atoms with Crippen LogP contribution in [0.2, 0.25) is 0 Å². The second-order valence-electron chi connectivity index (χ2n) is 5.79. The van der Waals surface area contributed by atoms with Crippen molar-refractivity contribution in [2.24, 2.45) is 5.92 Å². The fraction of sp³-hybridized carbons (Fsp3) is 0.588. The summed E-state index contributed by atoms with van der Waals surface area (Å²) in [7, 11) is 0. The largest absolute Gasteiger partial charge is 0.386 e. The predicted molar refractivity (Wildman–Crippen MR) is 81.7 cm³/mol. The first-order valence-electron chi connectivity index (χ1n) is 7.93. The SMILES string of the molecule is CCCC1CC(C(=O)NCC(O)c2ccccc2F)CCO1. The Kier molecular flexibility index (Phi) is 6.34. The molecule has 3 unspecified atom stereocenters. The number of nitrogens with one attached hydrogen (secondary N) is 1. The van der Waals surface area contributed by atoms with Gasteiger partial charge in [-0.25, -0.2) is 4.39 Å². The Labute approximate surface area is 130 Å². The van der Waals surface area contributed by atoms with E-state index in [4.69, 9.17) is 4.74 Å². The summed E-state index contributed by atoms with van der Waals surface area (Å²) in [4.78, 5) is 12.2. The standard InChI is InChI=1S/C17H24FNO3/c1-2-5-13-10-12(8-9-22-13)17(21)19-11-16(20)14-6-3-4-7-15(14)18/h3-4,6-7,12-13,16,20H,2,5,8-11H2,1H3,(H,19,21). The van der Waals surface area contributed by atoms with E-state index in [0.29, 0.717) is 13.0 Å². The van der Waals surface area contributed by atoms with Crippen LogP contribution in [0.15, 0.2) is 24.3 Å². The third-order valence-corrected chi connectivity index (χ3v) is 4.08. The zero-order chi connectivity index (χ0) is 15.9. The van der Waals surface area contributed by atoms with Gasteiger partial charge in [0.2, 0.25) is 5.91 Å². The van der Waals surface area contributed by atoms with E-state index in [-0.39, 0.29) is 30.0 Å². The summed E-state index contributed by atoms with van der Waals surface area (Å²) in [5.74, 6) is -0.628. The van der Waals surface area contributed by atoms with Gasteiger partial charge in [-0.3, -0.25) is 4.79 Å². The van der Waals surface area contributed by atoms with Crippen molar-refractivity contribution in [1.29, 1.82) is 0 Å². The van der Waals surface area contributed by atoms with Gasteiger partial charge < -0.3 is 15.2 Å². The van der Waals surface area contributed by atoms with Crippen LogP contribution in [0.5, 0.6) is 0 Å². The van der Waals surface area contributed by atoms with Crippen LogP contribution in [0.4, 0.5) is 4.39 Å². The molecular formula is C17H24FNO3. The molecule has 0 radical (unpaired) electrons. The van der Waals surface area contributed by atoms with Gasteiger partial charge in [-0.05, 0) is 25.3 Å². The van der Waals surface area contributed by atoms with Gasteiger partial charge in [0.25, 0.3) is 0 Å². The van der Waals surface area contributed by atoms with Gasteiger partial charge in [0, 0.05) is 24.6 Å². The molecular weight excluding hydrogens is 285 g/mol. The van der Waals surface area contributed by atoms with E-state index in [9.17, 15) is 14.3 Å². The highest BCUT2D eigenvalue weighted by atomic mass is 19.1. The third kappa shape index (κ3) is 4.52. The molecule has 0 spiro atoms. The van der Waals surface area contributed by atoms with Crippen molar-refractivity contribution in [3.8, 4) is 0 Å². The molecule has 1 aliphatic heterocycles. The van der Waals surface area contributed by atoms with E-state index >= 15 is 0 Å². The Bertz CT molecular complexity index is 493. The summed E-state index contributed by atoms with van der Waals surface area (Å²) in [6.07, 6.45) is 2.52. The van der Waals surface area contributed by atoms with Crippen LogP contribution in [-0.2, 0) is 9.53 Å². The highest BCUT2D eigenvalue weighted by Crippen LogP contribution is 2.23. The molecule has 0 aliphatic carbocycles. The molecule has 1 amide bonds. The maximum absolute atomic E-state index is 13.6.